The zero-order valence-electron chi connectivity index (χ0n) is 37.6. The van der Waals surface area contributed by atoms with E-state index in [0.29, 0.717) is 29.2 Å². The summed E-state index contributed by atoms with van der Waals surface area (Å²) in [6.45, 7) is 5.89. The van der Waals surface area contributed by atoms with E-state index in [1.165, 1.54) is 36.7 Å². The molecule has 0 spiro atoms. The van der Waals surface area contributed by atoms with E-state index < -0.39 is 117 Å². The number of carbonyl (C=O) groups excluding carboxylic acids is 8. The SMILES string of the molecule is CCC(C)C(NC(=O)C(CC(C)C)(NC(=O)c1cnccn1)NS(=O)(=O)c1nnc(NC(=O)c2ccc(Cl)cc2)s1)C(=O)NC(CC1CCCCC1)C(=O)NC(CC(F)F)C(=O)C(=O)NCC=O. The summed E-state index contributed by atoms with van der Waals surface area (Å²) >= 11 is 6.34. The molecule has 1 saturated carbocycles. The van der Waals surface area contributed by atoms with Gasteiger partial charge >= 0.3 is 0 Å². The van der Waals surface area contributed by atoms with E-state index in [2.05, 4.69) is 51.5 Å². The summed E-state index contributed by atoms with van der Waals surface area (Å²) in [5.41, 5.74) is -2.79. The number of hydrogen-bond acceptors (Lipinski definition) is 15. The van der Waals surface area contributed by atoms with E-state index >= 15 is 0 Å². The maximum Gasteiger partial charge on any atom is 0.289 e. The standard InChI is InChI=1S/C42H54ClF2N11O10S2/c1-5-24(4)32(37(62)50-29(19-25-9-7-6-8-10-25)35(60)49-28(20-31(44)45)33(58)38(63)48-17-18-57)51-39(64)42(21-23(2)3,53-36(61)30-22-46-15-16-47-30)56-68(65,66)41-55-54-40(67-41)52-34(59)26-11-13-27(43)14-12-26/h11-16,18,22-25,28-29,31-32,56H,5-10,17,19-21H2,1-4H3,(H,48,63)(H,49,60)(H,50,62)(H,51,64)(H,53,61)(H,52,54,59). The van der Waals surface area contributed by atoms with Gasteiger partial charge in [0.05, 0.1) is 12.7 Å². The number of anilines is 1. The number of amides is 6. The molecule has 26 heteroatoms. The summed E-state index contributed by atoms with van der Waals surface area (Å²) in [5.74, 6) is -9.36. The monoisotopic (exact) mass is 1010 g/mol. The Morgan fingerprint density at radius 2 is 1.59 bits per heavy atom. The molecule has 1 aliphatic rings. The minimum atomic E-state index is -4.95. The Kier molecular flexibility index (Phi) is 20.5. The van der Waals surface area contributed by atoms with Crippen molar-refractivity contribution in [3.05, 3.63) is 59.1 Å². The number of Topliss-reactive ketones (excluding diaryl/α,β-unsaturated/α-hetero) is 1. The van der Waals surface area contributed by atoms with Crippen molar-refractivity contribution in [1.82, 2.24) is 51.5 Å². The minimum Gasteiger partial charge on any atom is -0.344 e. The van der Waals surface area contributed by atoms with Crippen LogP contribution in [0.3, 0.4) is 0 Å². The van der Waals surface area contributed by atoms with Gasteiger partial charge in [0.2, 0.25) is 33.5 Å². The van der Waals surface area contributed by atoms with E-state index in [1.54, 1.807) is 27.7 Å². The second-order valence-electron chi connectivity index (χ2n) is 16.6. The number of benzene rings is 1. The van der Waals surface area contributed by atoms with Gasteiger partial charge in [0.1, 0.15) is 30.1 Å². The maximum atomic E-state index is 14.9. The fourth-order valence-electron chi connectivity index (χ4n) is 7.29. The highest BCUT2D eigenvalue weighted by Gasteiger charge is 2.47. The third kappa shape index (κ3) is 15.8. The van der Waals surface area contributed by atoms with Crippen molar-refractivity contribution < 1.29 is 55.6 Å². The lowest BCUT2D eigenvalue weighted by molar-refractivity contribution is -0.141. The van der Waals surface area contributed by atoms with Gasteiger partial charge in [0.15, 0.2) is 5.66 Å². The molecule has 68 heavy (non-hydrogen) atoms. The van der Waals surface area contributed by atoms with Crippen LogP contribution < -0.4 is 36.6 Å². The second kappa shape index (κ2) is 25.4. The number of carbonyl (C=O) groups is 8. The summed E-state index contributed by atoms with van der Waals surface area (Å²) in [5, 5.41) is 21.8. The number of aromatic nitrogens is 4. The smallest absolute Gasteiger partial charge is 0.289 e. The van der Waals surface area contributed by atoms with Gasteiger partial charge in [-0.3, -0.25) is 43.9 Å². The van der Waals surface area contributed by atoms with Crippen molar-refractivity contribution in [2.45, 2.75) is 120 Å². The van der Waals surface area contributed by atoms with Crippen molar-refractivity contribution in [2.75, 3.05) is 11.9 Å². The van der Waals surface area contributed by atoms with Gasteiger partial charge in [-0.25, -0.2) is 22.2 Å². The first kappa shape index (κ1) is 54.7. The number of nitrogens with one attached hydrogen (secondary N) is 7. The topological polar surface area (TPSA) is 306 Å². The third-order valence-electron chi connectivity index (χ3n) is 10.8. The Hall–Kier alpha value is -5.92. The van der Waals surface area contributed by atoms with Crippen molar-refractivity contribution in [1.29, 1.82) is 0 Å². The van der Waals surface area contributed by atoms with E-state index in [1.807, 2.05) is 5.32 Å². The van der Waals surface area contributed by atoms with Crippen LogP contribution in [0, 0.1) is 17.8 Å². The lowest BCUT2D eigenvalue weighted by atomic mass is 9.84. The molecule has 2 aromatic heterocycles. The quantitative estimate of drug-likeness (QED) is 0.0278. The van der Waals surface area contributed by atoms with Crippen molar-refractivity contribution in [3.8, 4) is 0 Å². The molecule has 0 aliphatic heterocycles. The van der Waals surface area contributed by atoms with Gasteiger partial charge in [-0.15, -0.1) is 10.2 Å². The summed E-state index contributed by atoms with van der Waals surface area (Å²) < 4.78 is 57.5. The summed E-state index contributed by atoms with van der Waals surface area (Å²) in [7, 11) is -4.95. The van der Waals surface area contributed by atoms with E-state index in [0.717, 1.165) is 25.5 Å². The molecule has 0 bridgehead atoms. The van der Waals surface area contributed by atoms with E-state index in [-0.39, 0.29) is 41.4 Å². The fraction of sp³-hybridized carbons (Fsp3) is 0.524. The highest BCUT2D eigenvalue weighted by molar-refractivity contribution is 7.91. The lowest BCUT2D eigenvalue weighted by Gasteiger charge is -2.37. The highest BCUT2D eigenvalue weighted by atomic mass is 35.5. The highest BCUT2D eigenvalue weighted by Crippen LogP contribution is 2.29. The van der Waals surface area contributed by atoms with Crippen LogP contribution in [0.2, 0.25) is 5.02 Å². The van der Waals surface area contributed by atoms with Crippen molar-refractivity contribution in [3.63, 3.8) is 0 Å². The van der Waals surface area contributed by atoms with Crippen molar-refractivity contribution >= 4 is 85.6 Å². The van der Waals surface area contributed by atoms with Gasteiger partial charge in [-0.1, -0.05) is 89.2 Å². The molecular weight excluding hydrogens is 956 g/mol. The first-order chi connectivity index (χ1) is 32.2. The van der Waals surface area contributed by atoms with Crippen LogP contribution in [0.4, 0.5) is 13.9 Å². The molecule has 1 fully saturated rings. The molecule has 370 valence electrons. The molecule has 0 saturated heterocycles. The van der Waals surface area contributed by atoms with Crippen LogP contribution in [0.5, 0.6) is 0 Å². The fourth-order valence-corrected chi connectivity index (χ4v) is 9.61. The summed E-state index contributed by atoms with van der Waals surface area (Å²) in [6, 6.07) is 0.671. The molecule has 5 atom stereocenters. The van der Waals surface area contributed by atoms with Gasteiger partial charge in [0.25, 0.3) is 33.7 Å². The molecule has 1 aromatic carbocycles. The molecule has 6 amide bonds. The zero-order chi connectivity index (χ0) is 50.2. The average Bonchev–Trinajstić information content (AvgIpc) is 3.78. The number of nitrogens with zero attached hydrogens (tertiary/aromatic N) is 4. The number of ketones is 1. The van der Waals surface area contributed by atoms with Gasteiger partial charge in [0, 0.05) is 29.4 Å². The predicted molar refractivity (Wildman–Crippen MR) is 242 cm³/mol. The Balaban J connectivity index is 1.71. The Morgan fingerprint density at radius 1 is 0.912 bits per heavy atom. The van der Waals surface area contributed by atoms with E-state index in [9.17, 15) is 55.6 Å². The molecule has 4 rings (SSSR count). The largest absolute Gasteiger partial charge is 0.344 e. The van der Waals surface area contributed by atoms with Crippen molar-refractivity contribution in [2.24, 2.45) is 17.8 Å². The van der Waals surface area contributed by atoms with Crippen LogP contribution in [0.15, 0.2) is 47.2 Å². The lowest BCUT2D eigenvalue weighted by Crippen LogP contribution is -2.71. The number of rotatable bonds is 25. The molecule has 0 radical (unpaired) electrons. The molecular formula is C42H54ClF2N11O10S2. The third-order valence-corrected chi connectivity index (χ3v) is 13.8. The van der Waals surface area contributed by atoms with Crippen LogP contribution in [-0.2, 0) is 38.8 Å². The number of halogens is 3. The van der Waals surface area contributed by atoms with Crippen LogP contribution >= 0.6 is 22.9 Å². The first-order valence-corrected chi connectivity index (χ1v) is 24.3. The van der Waals surface area contributed by atoms with Gasteiger partial charge in [-0.05, 0) is 54.9 Å². The number of aldehydes is 1. The van der Waals surface area contributed by atoms with Crippen LogP contribution in [0.25, 0.3) is 0 Å². The number of hydrogen-bond donors (Lipinski definition) is 7. The summed E-state index contributed by atoms with van der Waals surface area (Å²) in [4.78, 5) is 114. The Bertz CT molecular complexity index is 2380. The maximum absolute atomic E-state index is 14.9. The molecule has 1 aliphatic carbocycles. The van der Waals surface area contributed by atoms with Gasteiger partial charge in [-0.2, -0.15) is 4.72 Å². The van der Waals surface area contributed by atoms with Gasteiger partial charge < -0.3 is 31.4 Å². The molecule has 5 unspecified atom stereocenters. The predicted octanol–water partition coefficient (Wildman–Crippen LogP) is 2.69. The van der Waals surface area contributed by atoms with Crippen LogP contribution in [-0.4, -0.2) is 113 Å². The average molecular weight is 1010 g/mol. The first-order valence-electron chi connectivity index (χ1n) is 21.7. The summed E-state index contributed by atoms with van der Waals surface area (Å²) in [6.07, 6.45) is 2.89. The number of sulfonamides is 1. The molecule has 3 aromatic rings. The molecule has 7 N–H and O–H groups in total. The Morgan fingerprint density at radius 3 is 2.19 bits per heavy atom. The normalized spacial score (nSPS) is 15.7. The zero-order valence-corrected chi connectivity index (χ0v) is 39.9. The molecule has 21 nitrogen and oxygen atoms in total. The van der Waals surface area contributed by atoms with E-state index in [4.69, 9.17) is 11.6 Å². The minimum absolute atomic E-state index is 0.0269. The number of alkyl halides is 2. The van der Waals surface area contributed by atoms with Crippen LogP contribution in [0.1, 0.15) is 106 Å². The second-order valence-corrected chi connectivity index (χ2v) is 19.8. The Labute approximate surface area is 400 Å². The molecule has 2 heterocycles.